The van der Waals surface area contributed by atoms with Gasteiger partial charge in [0.25, 0.3) is 5.91 Å². The highest BCUT2D eigenvalue weighted by molar-refractivity contribution is 7.09. The first-order chi connectivity index (χ1) is 15.8. The van der Waals surface area contributed by atoms with Crippen LogP contribution in [0.3, 0.4) is 0 Å². The molecule has 3 aromatic rings. The first-order valence-corrected chi connectivity index (χ1v) is 12.4. The molecule has 0 radical (unpaired) electrons. The highest BCUT2D eigenvalue weighted by Crippen LogP contribution is 2.26. The number of furan rings is 1. The first-order valence-electron chi connectivity index (χ1n) is 11.5. The number of ether oxygens (including phenoxy) is 1. The number of aromatic nitrogens is 1. The minimum atomic E-state index is -0.0534. The summed E-state index contributed by atoms with van der Waals surface area (Å²) < 4.78 is 11.6. The molecule has 33 heavy (non-hydrogen) atoms. The van der Waals surface area contributed by atoms with Crippen LogP contribution >= 0.6 is 11.3 Å². The molecule has 1 aliphatic heterocycles. The van der Waals surface area contributed by atoms with Gasteiger partial charge in [-0.15, -0.1) is 11.3 Å². The van der Waals surface area contributed by atoms with Crippen LogP contribution in [0.5, 0.6) is 5.75 Å². The molecule has 1 aromatic carbocycles. The highest BCUT2D eigenvalue weighted by atomic mass is 32.1. The van der Waals surface area contributed by atoms with Crippen LogP contribution in [0.1, 0.15) is 59.8 Å². The molecule has 1 aliphatic rings. The molecule has 176 valence electrons. The lowest BCUT2D eigenvalue weighted by Gasteiger charge is -2.21. The second kappa shape index (κ2) is 10.1. The summed E-state index contributed by atoms with van der Waals surface area (Å²) in [4.78, 5) is 22.1. The van der Waals surface area contributed by atoms with Crippen LogP contribution in [0.15, 0.2) is 46.2 Å². The largest absolute Gasteiger partial charge is 0.486 e. The lowest BCUT2D eigenvalue weighted by molar-refractivity contribution is 0.0725. The number of nitrogens with zero attached hydrogens (tertiary/aromatic N) is 3. The molecule has 0 aliphatic carbocycles. The Morgan fingerprint density at radius 2 is 2.00 bits per heavy atom. The van der Waals surface area contributed by atoms with Crippen molar-refractivity contribution in [3.05, 3.63) is 69.6 Å². The molecular formula is C26H33N3O3S. The van der Waals surface area contributed by atoms with Crippen molar-refractivity contribution in [1.82, 2.24) is 14.8 Å². The lowest BCUT2D eigenvalue weighted by Crippen LogP contribution is -2.35. The fraction of sp³-hybridized carbons (Fsp3) is 0.462. The molecule has 7 heteroatoms. The van der Waals surface area contributed by atoms with E-state index in [1.807, 2.05) is 42.2 Å². The highest BCUT2D eigenvalue weighted by Gasteiger charge is 2.24. The maximum atomic E-state index is 13.0. The van der Waals surface area contributed by atoms with Crippen molar-refractivity contribution >= 4 is 17.2 Å². The molecular weight excluding hydrogens is 434 g/mol. The van der Waals surface area contributed by atoms with Crippen molar-refractivity contribution in [1.29, 1.82) is 0 Å². The molecule has 4 rings (SSSR count). The first kappa shape index (κ1) is 23.5. The molecule has 2 aromatic heterocycles. The van der Waals surface area contributed by atoms with Gasteiger partial charge in [-0.05, 0) is 43.2 Å². The number of carbonyl (C=O) groups excluding carboxylic acids is 1. The van der Waals surface area contributed by atoms with Crippen molar-refractivity contribution in [2.45, 2.75) is 52.7 Å². The van der Waals surface area contributed by atoms with Crippen LogP contribution in [-0.4, -0.2) is 46.9 Å². The minimum Gasteiger partial charge on any atom is -0.486 e. The standard InChI is InChI=1S/C26H33N3O3S/c1-19-7-5-8-21(15-19)31-17-22-9-10-23(32-22)24(30)29-12-6-11-28(13-14-29)16-20-18-33-25(27-20)26(2,3)4/h5,7-10,15,18H,6,11-14,16-17H2,1-4H3. The van der Waals surface area contributed by atoms with Crippen molar-refractivity contribution in [3.63, 3.8) is 0 Å². The smallest absolute Gasteiger partial charge is 0.289 e. The number of rotatable bonds is 6. The van der Waals surface area contributed by atoms with Gasteiger partial charge in [0.05, 0.1) is 10.7 Å². The summed E-state index contributed by atoms with van der Waals surface area (Å²) in [7, 11) is 0. The van der Waals surface area contributed by atoms with Crippen LogP contribution in [0.4, 0.5) is 0 Å². The molecule has 0 bridgehead atoms. The van der Waals surface area contributed by atoms with Crippen molar-refractivity contribution in [3.8, 4) is 5.75 Å². The maximum absolute atomic E-state index is 13.0. The van der Waals surface area contributed by atoms with E-state index in [9.17, 15) is 4.79 Å². The number of benzene rings is 1. The third-order valence-corrected chi connectivity index (χ3v) is 7.01. The fourth-order valence-corrected chi connectivity index (χ4v) is 4.77. The van der Waals surface area contributed by atoms with E-state index in [2.05, 4.69) is 31.1 Å². The van der Waals surface area contributed by atoms with E-state index in [-0.39, 0.29) is 11.3 Å². The van der Waals surface area contributed by atoms with Gasteiger partial charge in [-0.3, -0.25) is 9.69 Å². The molecule has 0 atom stereocenters. The zero-order chi connectivity index (χ0) is 23.4. The quantitative estimate of drug-likeness (QED) is 0.494. The van der Waals surface area contributed by atoms with Crippen LogP contribution in [0.2, 0.25) is 0 Å². The summed E-state index contributed by atoms with van der Waals surface area (Å²) in [6, 6.07) is 11.5. The molecule has 1 fully saturated rings. The predicted molar refractivity (Wildman–Crippen MR) is 131 cm³/mol. The molecule has 3 heterocycles. The van der Waals surface area contributed by atoms with Gasteiger partial charge in [-0.25, -0.2) is 4.98 Å². The molecule has 6 nitrogen and oxygen atoms in total. The van der Waals surface area contributed by atoms with Crippen LogP contribution < -0.4 is 4.74 Å². The Morgan fingerprint density at radius 1 is 1.15 bits per heavy atom. The van der Waals surface area contributed by atoms with E-state index in [0.29, 0.717) is 24.7 Å². The van der Waals surface area contributed by atoms with Gasteiger partial charge in [0, 0.05) is 43.5 Å². The molecule has 1 amide bonds. The second-order valence-corrected chi connectivity index (χ2v) is 10.5. The topological polar surface area (TPSA) is 58.8 Å². The average molecular weight is 468 g/mol. The van der Waals surface area contributed by atoms with Crippen molar-refractivity contribution in [2.75, 3.05) is 26.2 Å². The van der Waals surface area contributed by atoms with E-state index in [4.69, 9.17) is 14.1 Å². The third-order valence-electron chi connectivity index (χ3n) is 5.70. The van der Waals surface area contributed by atoms with Gasteiger partial charge >= 0.3 is 0 Å². The maximum Gasteiger partial charge on any atom is 0.289 e. The number of carbonyl (C=O) groups is 1. The minimum absolute atomic E-state index is 0.0534. The van der Waals surface area contributed by atoms with E-state index in [1.165, 1.54) is 5.01 Å². The normalized spacial score (nSPS) is 15.5. The van der Waals surface area contributed by atoms with Gasteiger partial charge in [-0.1, -0.05) is 32.9 Å². The summed E-state index contributed by atoms with van der Waals surface area (Å²) in [5.74, 6) is 1.76. The van der Waals surface area contributed by atoms with E-state index in [1.54, 1.807) is 17.4 Å². The summed E-state index contributed by atoms with van der Waals surface area (Å²) in [5.41, 5.74) is 2.34. The van der Waals surface area contributed by atoms with Gasteiger partial charge < -0.3 is 14.1 Å². The zero-order valence-electron chi connectivity index (χ0n) is 20.0. The van der Waals surface area contributed by atoms with E-state index >= 15 is 0 Å². The van der Waals surface area contributed by atoms with Crippen molar-refractivity contribution in [2.24, 2.45) is 0 Å². The van der Waals surface area contributed by atoms with Gasteiger partial charge in [-0.2, -0.15) is 0 Å². The molecule has 1 saturated heterocycles. The van der Waals surface area contributed by atoms with Gasteiger partial charge in [0.1, 0.15) is 18.1 Å². The number of amides is 1. The summed E-state index contributed by atoms with van der Waals surface area (Å²) in [6.07, 6.45) is 0.937. The van der Waals surface area contributed by atoms with Gasteiger partial charge in [0.15, 0.2) is 5.76 Å². The number of thiazole rings is 1. The SMILES string of the molecule is Cc1cccc(OCc2ccc(C(=O)N3CCCN(Cc4csc(C(C)(C)C)n4)CC3)o2)c1. The molecule has 0 spiro atoms. The monoisotopic (exact) mass is 467 g/mol. The Balaban J connectivity index is 1.30. The predicted octanol–water partition coefficient (Wildman–Crippen LogP) is 5.27. The molecule has 0 unspecified atom stereocenters. The molecule has 0 saturated carbocycles. The third kappa shape index (κ3) is 6.24. The summed E-state index contributed by atoms with van der Waals surface area (Å²) in [6.45, 7) is 12.9. The average Bonchev–Trinajstić information content (AvgIpc) is 3.38. The van der Waals surface area contributed by atoms with Crippen LogP contribution in [-0.2, 0) is 18.6 Å². The number of aryl methyl sites for hydroxylation is 1. The van der Waals surface area contributed by atoms with Gasteiger partial charge in [0.2, 0.25) is 0 Å². The second-order valence-electron chi connectivity index (χ2n) is 9.69. The molecule has 0 N–H and O–H groups in total. The Hall–Kier alpha value is -2.64. The van der Waals surface area contributed by atoms with E-state index < -0.39 is 0 Å². The number of hydrogen-bond donors (Lipinski definition) is 0. The Labute approximate surface area is 200 Å². The Kier molecular flexibility index (Phi) is 7.20. The Morgan fingerprint density at radius 3 is 2.76 bits per heavy atom. The lowest BCUT2D eigenvalue weighted by atomic mass is 9.98. The van der Waals surface area contributed by atoms with Crippen LogP contribution in [0.25, 0.3) is 0 Å². The van der Waals surface area contributed by atoms with E-state index in [0.717, 1.165) is 49.6 Å². The Bertz CT molecular complexity index is 1080. The fourth-order valence-electron chi connectivity index (χ4n) is 3.87. The van der Waals surface area contributed by atoms with Crippen molar-refractivity contribution < 1.29 is 13.9 Å². The summed E-state index contributed by atoms with van der Waals surface area (Å²) >= 11 is 1.73. The van der Waals surface area contributed by atoms with Crippen LogP contribution in [0, 0.1) is 6.92 Å². The zero-order valence-corrected chi connectivity index (χ0v) is 20.8. The number of hydrogen-bond acceptors (Lipinski definition) is 6. The summed E-state index contributed by atoms with van der Waals surface area (Å²) in [5, 5.41) is 3.33.